The van der Waals surface area contributed by atoms with Gasteiger partial charge < -0.3 is 0 Å². The Morgan fingerprint density at radius 1 is 1.27 bits per heavy atom. The number of hydrazine groups is 1. The van der Waals surface area contributed by atoms with Crippen LogP contribution in [-0.4, -0.2) is 60.9 Å². The van der Waals surface area contributed by atoms with Gasteiger partial charge >= 0.3 is 0 Å². The highest BCUT2D eigenvalue weighted by Gasteiger charge is 2.36. The van der Waals surface area contributed by atoms with Crippen molar-refractivity contribution in [3.63, 3.8) is 0 Å². The number of nitro benzene ring substituents is 1. The number of benzene rings is 1. The lowest BCUT2D eigenvalue weighted by Gasteiger charge is -2.33. The van der Waals surface area contributed by atoms with Crippen LogP contribution in [0.4, 0.5) is 5.69 Å². The lowest BCUT2D eigenvalue weighted by atomic mass is 10.1. The number of hydrogen-bond donors (Lipinski definition) is 0. The molecule has 1 atom stereocenters. The molecule has 9 heteroatoms. The highest BCUT2D eigenvalue weighted by atomic mass is 32.2. The lowest BCUT2D eigenvalue weighted by molar-refractivity contribution is -0.384. The molecule has 0 saturated carbocycles. The van der Waals surface area contributed by atoms with Gasteiger partial charge in [-0.2, -0.15) is 0 Å². The molecule has 0 aliphatic carbocycles. The second-order valence-electron chi connectivity index (χ2n) is 5.36. The standard InChI is InChI=1S/C13H17N3O5S/c1-14(2)15(12-7-8-22(20,21)9-12)13(17)10-3-5-11(6-4-10)16(18)19/h3-6,12H,7-9H2,1-2H3/t12-/m1/s1. The summed E-state index contributed by atoms with van der Waals surface area (Å²) < 4.78 is 23.2. The van der Waals surface area contributed by atoms with Crippen LogP contribution >= 0.6 is 0 Å². The van der Waals surface area contributed by atoms with Gasteiger partial charge in [-0.25, -0.2) is 13.4 Å². The molecule has 1 saturated heterocycles. The van der Waals surface area contributed by atoms with Crippen molar-refractivity contribution in [2.24, 2.45) is 0 Å². The van der Waals surface area contributed by atoms with E-state index in [9.17, 15) is 23.3 Å². The van der Waals surface area contributed by atoms with Crippen molar-refractivity contribution in [3.05, 3.63) is 39.9 Å². The zero-order valence-corrected chi connectivity index (χ0v) is 13.1. The Kier molecular flexibility index (Phi) is 4.47. The van der Waals surface area contributed by atoms with E-state index in [2.05, 4.69) is 0 Å². The maximum Gasteiger partial charge on any atom is 0.269 e. The molecule has 0 spiro atoms. The van der Waals surface area contributed by atoms with E-state index in [0.717, 1.165) is 0 Å². The first-order valence-corrected chi connectivity index (χ1v) is 8.49. The molecule has 0 aromatic heterocycles. The summed E-state index contributed by atoms with van der Waals surface area (Å²) in [5.41, 5.74) is 0.181. The minimum Gasteiger partial charge on any atom is -0.268 e. The zero-order chi connectivity index (χ0) is 16.5. The van der Waals surface area contributed by atoms with E-state index in [0.29, 0.717) is 6.42 Å². The quantitative estimate of drug-likeness (QED) is 0.596. The Morgan fingerprint density at radius 3 is 2.27 bits per heavy atom. The smallest absolute Gasteiger partial charge is 0.268 e. The molecular weight excluding hydrogens is 310 g/mol. The second-order valence-corrected chi connectivity index (χ2v) is 7.59. The summed E-state index contributed by atoms with van der Waals surface area (Å²) in [5, 5.41) is 13.6. The Bertz CT molecular complexity index is 684. The second kappa shape index (κ2) is 6.01. The molecule has 0 bridgehead atoms. The number of amides is 1. The summed E-state index contributed by atoms with van der Waals surface area (Å²) in [6, 6.07) is 4.85. The third-order valence-electron chi connectivity index (χ3n) is 3.52. The highest BCUT2D eigenvalue weighted by molar-refractivity contribution is 7.91. The van der Waals surface area contributed by atoms with Crippen LogP contribution in [0.1, 0.15) is 16.8 Å². The molecule has 1 heterocycles. The van der Waals surface area contributed by atoms with Gasteiger partial charge in [-0.15, -0.1) is 0 Å². The molecular formula is C13H17N3O5S. The largest absolute Gasteiger partial charge is 0.269 e. The van der Waals surface area contributed by atoms with Gasteiger partial charge in [-0.1, -0.05) is 0 Å². The van der Waals surface area contributed by atoms with E-state index in [1.807, 2.05) is 0 Å². The predicted octanol–water partition coefficient (Wildman–Crippen LogP) is 0.701. The molecule has 0 N–H and O–H groups in total. The third-order valence-corrected chi connectivity index (χ3v) is 5.27. The van der Waals surface area contributed by atoms with Gasteiger partial charge in [-0.05, 0) is 18.6 Å². The van der Waals surface area contributed by atoms with Gasteiger partial charge in [0.1, 0.15) is 0 Å². The molecule has 1 aliphatic rings. The fourth-order valence-corrected chi connectivity index (χ4v) is 4.19. The van der Waals surface area contributed by atoms with Gasteiger partial charge in [0.2, 0.25) is 0 Å². The topological polar surface area (TPSA) is 101 Å². The van der Waals surface area contributed by atoms with E-state index in [-0.39, 0.29) is 28.7 Å². The minimum absolute atomic E-state index is 0.0650. The van der Waals surface area contributed by atoms with Crippen molar-refractivity contribution in [1.82, 2.24) is 10.0 Å². The average Bonchev–Trinajstić information content (AvgIpc) is 2.78. The van der Waals surface area contributed by atoms with E-state index in [4.69, 9.17) is 0 Å². The first-order chi connectivity index (χ1) is 10.2. The monoisotopic (exact) mass is 327 g/mol. The first kappa shape index (κ1) is 16.4. The first-order valence-electron chi connectivity index (χ1n) is 6.67. The Balaban J connectivity index is 2.25. The van der Waals surface area contributed by atoms with Crippen LogP contribution in [-0.2, 0) is 9.84 Å². The molecule has 1 amide bonds. The van der Waals surface area contributed by atoms with Gasteiger partial charge in [0.05, 0.1) is 22.5 Å². The van der Waals surface area contributed by atoms with E-state index in [1.165, 1.54) is 29.3 Å². The number of nitrogens with zero attached hydrogens (tertiary/aromatic N) is 3. The van der Waals surface area contributed by atoms with Crippen LogP contribution in [0, 0.1) is 10.1 Å². The number of rotatable bonds is 4. The maximum atomic E-state index is 12.6. The summed E-state index contributed by atoms with van der Waals surface area (Å²) >= 11 is 0. The fraction of sp³-hybridized carbons (Fsp3) is 0.462. The number of sulfone groups is 1. The molecule has 0 unspecified atom stereocenters. The van der Waals surface area contributed by atoms with Crippen molar-refractivity contribution in [2.75, 3.05) is 25.6 Å². The van der Waals surface area contributed by atoms with Crippen molar-refractivity contribution in [3.8, 4) is 0 Å². The number of non-ortho nitro benzene ring substituents is 1. The molecule has 120 valence electrons. The zero-order valence-electron chi connectivity index (χ0n) is 12.3. The maximum absolute atomic E-state index is 12.6. The normalized spacial score (nSPS) is 20.0. The Hall–Kier alpha value is -2.00. The van der Waals surface area contributed by atoms with Crippen LogP contribution in [0.5, 0.6) is 0 Å². The lowest BCUT2D eigenvalue weighted by Crippen LogP contribution is -2.49. The summed E-state index contributed by atoms with van der Waals surface area (Å²) in [7, 11) is 0.204. The van der Waals surface area contributed by atoms with Crippen LogP contribution < -0.4 is 0 Å². The van der Waals surface area contributed by atoms with Crippen molar-refractivity contribution < 1.29 is 18.1 Å². The van der Waals surface area contributed by atoms with Crippen LogP contribution in [0.15, 0.2) is 24.3 Å². The molecule has 1 fully saturated rings. The highest BCUT2D eigenvalue weighted by Crippen LogP contribution is 2.21. The Labute approximate surface area is 128 Å². The molecule has 0 radical (unpaired) electrons. The molecule has 1 aromatic carbocycles. The number of carbonyl (C=O) groups is 1. The van der Waals surface area contributed by atoms with Gasteiger partial charge in [0.25, 0.3) is 11.6 Å². The fourth-order valence-electron chi connectivity index (χ4n) is 2.50. The molecule has 22 heavy (non-hydrogen) atoms. The van der Waals surface area contributed by atoms with E-state index < -0.39 is 20.8 Å². The number of carbonyl (C=O) groups excluding carboxylic acids is 1. The van der Waals surface area contributed by atoms with Crippen molar-refractivity contribution in [2.45, 2.75) is 12.5 Å². The molecule has 1 aliphatic heterocycles. The van der Waals surface area contributed by atoms with Crippen LogP contribution in [0.2, 0.25) is 0 Å². The number of nitro groups is 1. The van der Waals surface area contributed by atoms with E-state index in [1.54, 1.807) is 19.1 Å². The third kappa shape index (κ3) is 3.42. The average molecular weight is 327 g/mol. The van der Waals surface area contributed by atoms with Crippen molar-refractivity contribution in [1.29, 1.82) is 0 Å². The predicted molar refractivity (Wildman–Crippen MR) is 80.0 cm³/mol. The van der Waals surface area contributed by atoms with Crippen LogP contribution in [0.25, 0.3) is 0 Å². The molecule has 1 aromatic rings. The van der Waals surface area contributed by atoms with E-state index >= 15 is 0 Å². The summed E-state index contributed by atoms with van der Waals surface area (Å²) in [4.78, 5) is 22.7. The van der Waals surface area contributed by atoms with Gasteiger partial charge in [0, 0.05) is 31.8 Å². The van der Waals surface area contributed by atoms with Gasteiger partial charge in [0.15, 0.2) is 9.84 Å². The summed E-state index contributed by atoms with van der Waals surface area (Å²) in [5.74, 6) is -0.374. The summed E-state index contributed by atoms with van der Waals surface area (Å²) in [6.07, 6.45) is 0.388. The molecule has 2 rings (SSSR count). The molecule has 8 nitrogen and oxygen atoms in total. The SMILES string of the molecule is CN(C)N(C(=O)c1ccc([N+](=O)[O-])cc1)[C@@H]1CCS(=O)(=O)C1. The van der Waals surface area contributed by atoms with Gasteiger partial charge in [-0.3, -0.25) is 19.9 Å². The summed E-state index contributed by atoms with van der Waals surface area (Å²) in [6.45, 7) is 0. The van der Waals surface area contributed by atoms with Crippen molar-refractivity contribution >= 4 is 21.4 Å². The minimum atomic E-state index is -3.12. The van der Waals surface area contributed by atoms with Crippen LogP contribution in [0.3, 0.4) is 0 Å². The number of hydrogen-bond acceptors (Lipinski definition) is 6. The Morgan fingerprint density at radius 2 is 1.86 bits per heavy atom.